The highest BCUT2D eigenvalue weighted by Gasteiger charge is 2.22. The van der Waals surface area contributed by atoms with Gasteiger partial charge in [0, 0.05) is 10.0 Å². The first-order valence-corrected chi connectivity index (χ1v) is 11.4. The second-order valence-electron chi connectivity index (χ2n) is 6.92. The van der Waals surface area contributed by atoms with Crippen LogP contribution in [0.1, 0.15) is 48.5 Å². The molecule has 3 aromatic rings. The third kappa shape index (κ3) is 3.81. The normalized spacial score (nSPS) is 15.6. The van der Waals surface area contributed by atoms with E-state index < -0.39 is 15.9 Å². The Kier molecular flexibility index (Phi) is 5.20. The number of nitrogens with zero attached hydrogens (tertiary/aromatic N) is 3. The molecular formula is C19H19BrN4O3S. The molecule has 0 spiro atoms. The average molecular weight is 463 g/mol. The van der Waals surface area contributed by atoms with E-state index in [1.54, 1.807) is 30.3 Å². The molecule has 0 aliphatic heterocycles. The summed E-state index contributed by atoms with van der Waals surface area (Å²) in [5.41, 5.74) is 1.66. The van der Waals surface area contributed by atoms with E-state index in [-0.39, 0.29) is 10.5 Å². The molecule has 1 amide bonds. The molecule has 2 aromatic carbocycles. The van der Waals surface area contributed by atoms with Crippen molar-refractivity contribution in [1.82, 2.24) is 19.7 Å². The van der Waals surface area contributed by atoms with Crippen LogP contribution in [0.5, 0.6) is 0 Å². The number of rotatable bonds is 4. The highest BCUT2D eigenvalue weighted by Crippen LogP contribution is 2.30. The van der Waals surface area contributed by atoms with E-state index in [2.05, 4.69) is 31.0 Å². The Morgan fingerprint density at radius 3 is 2.64 bits per heavy atom. The number of carbonyl (C=O) groups is 1. The molecule has 1 saturated carbocycles. The summed E-state index contributed by atoms with van der Waals surface area (Å²) in [4.78, 5) is 12.5. The molecule has 4 rings (SSSR count). The first-order valence-electron chi connectivity index (χ1n) is 9.12. The molecule has 1 aliphatic carbocycles. The van der Waals surface area contributed by atoms with Crippen molar-refractivity contribution in [2.45, 2.75) is 43.0 Å². The summed E-state index contributed by atoms with van der Waals surface area (Å²) >= 11 is 3.23. The molecule has 0 unspecified atom stereocenters. The van der Waals surface area contributed by atoms with Crippen LogP contribution in [0.3, 0.4) is 0 Å². The van der Waals surface area contributed by atoms with Gasteiger partial charge in [-0.3, -0.25) is 4.79 Å². The fourth-order valence-electron chi connectivity index (χ4n) is 3.55. The van der Waals surface area contributed by atoms with Gasteiger partial charge in [0.25, 0.3) is 15.9 Å². The van der Waals surface area contributed by atoms with Gasteiger partial charge in [-0.15, -0.1) is 5.10 Å². The highest BCUT2D eigenvalue weighted by molar-refractivity contribution is 9.10. The van der Waals surface area contributed by atoms with Crippen LogP contribution in [-0.2, 0) is 10.0 Å². The number of aromatic nitrogens is 3. The Bertz CT molecular complexity index is 1140. The molecule has 1 fully saturated rings. The number of benzene rings is 2. The second-order valence-corrected chi connectivity index (χ2v) is 9.52. The first-order chi connectivity index (χ1) is 13.4. The van der Waals surface area contributed by atoms with Crippen molar-refractivity contribution in [1.29, 1.82) is 0 Å². The Hall–Kier alpha value is -2.26. The molecule has 28 heavy (non-hydrogen) atoms. The van der Waals surface area contributed by atoms with E-state index in [0.29, 0.717) is 16.0 Å². The van der Waals surface area contributed by atoms with Crippen LogP contribution in [0.25, 0.3) is 11.0 Å². The quantitative estimate of drug-likeness (QED) is 0.635. The molecule has 0 saturated heterocycles. The molecule has 0 radical (unpaired) electrons. The molecule has 146 valence electrons. The number of halogens is 1. The zero-order valence-corrected chi connectivity index (χ0v) is 17.4. The maximum Gasteiger partial charge on any atom is 0.265 e. The van der Waals surface area contributed by atoms with E-state index in [9.17, 15) is 13.2 Å². The molecule has 0 bridgehead atoms. The minimum Gasteiger partial charge on any atom is -0.268 e. The van der Waals surface area contributed by atoms with Crippen molar-refractivity contribution in [3.8, 4) is 0 Å². The average Bonchev–Trinajstić information content (AvgIpc) is 3.11. The lowest BCUT2D eigenvalue weighted by Gasteiger charge is -2.21. The van der Waals surface area contributed by atoms with Gasteiger partial charge in [0.15, 0.2) is 0 Å². The van der Waals surface area contributed by atoms with Gasteiger partial charge in [0.1, 0.15) is 5.52 Å². The summed E-state index contributed by atoms with van der Waals surface area (Å²) in [6.45, 7) is 0. The number of carbonyl (C=O) groups excluding carboxylic acids is 1. The van der Waals surface area contributed by atoms with Crippen LogP contribution in [0.15, 0.2) is 51.8 Å². The summed E-state index contributed by atoms with van der Waals surface area (Å²) < 4.78 is 29.6. The maximum absolute atomic E-state index is 12.5. The fraction of sp³-hybridized carbons (Fsp3) is 0.316. The lowest BCUT2D eigenvalue weighted by Crippen LogP contribution is -2.30. The van der Waals surface area contributed by atoms with E-state index in [1.165, 1.54) is 31.4 Å². The van der Waals surface area contributed by atoms with Gasteiger partial charge in [0.05, 0.1) is 16.5 Å². The van der Waals surface area contributed by atoms with E-state index in [4.69, 9.17) is 0 Å². The van der Waals surface area contributed by atoms with Crippen LogP contribution < -0.4 is 4.72 Å². The predicted octanol–water partition coefficient (Wildman–Crippen LogP) is 3.82. The topological polar surface area (TPSA) is 93.9 Å². The van der Waals surface area contributed by atoms with Gasteiger partial charge in [-0.1, -0.05) is 46.5 Å². The van der Waals surface area contributed by atoms with E-state index in [0.717, 1.165) is 18.4 Å². The lowest BCUT2D eigenvalue weighted by molar-refractivity contribution is 0.0981. The summed E-state index contributed by atoms with van der Waals surface area (Å²) in [6, 6.07) is 11.5. The fourth-order valence-corrected chi connectivity index (χ4v) is 5.12. The van der Waals surface area contributed by atoms with Gasteiger partial charge in [0.2, 0.25) is 0 Å². The third-order valence-electron chi connectivity index (χ3n) is 4.99. The number of hydrogen-bond donors (Lipinski definition) is 1. The summed E-state index contributed by atoms with van der Waals surface area (Å²) in [5, 5.41) is 8.44. The largest absolute Gasteiger partial charge is 0.268 e. The Balaban J connectivity index is 1.58. The van der Waals surface area contributed by atoms with E-state index in [1.807, 2.05) is 4.68 Å². The zero-order valence-electron chi connectivity index (χ0n) is 15.0. The zero-order chi connectivity index (χ0) is 19.7. The predicted molar refractivity (Wildman–Crippen MR) is 108 cm³/mol. The summed E-state index contributed by atoms with van der Waals surface area (Å²) in [7, 11) is -3.97. The first kappa shape index (κ1) is 19.1. The SMILES string of the molecule is O=C(NS(=O)(=O)c1cccc(Br)c1)c1ccc2c(c1)nnn2C1CCCCC1. The molecule has 1 aliphatic rings. The monoisotopic (exact) mass is 462 g/mol. The molecule has 9 heteroatoms. The van der Waals surface area contributed by atoms with Crippen molar-refractivity contribution in [3.63, 3.8) is 0 Å². The molecule has 1 aromatic heterocycles. The standard InChI is InChI=1S/C19H19BrN4O3S/c20-14-5-4-8-16(12-14)28(26,27)22-19(25)13-9-10-18-17(11-13)21-23-24(18)15-6-2-1-3-7-15/h4-5,8-12,15H,1-3,6-7H2,(H,22,25). The summed E-state index contributed by atoms with van der Waals surface area (Å²) in [6.07, 6.45) is 5.76. The smallest absolute Gasteiger partial charge is 0.265 e. The van der Waals surface area contributed by atoms with Gasteiger partial charge in [-0.05, 0) is 49.2 Å². The van der Waals surface area contributed by atoms with Crippen LogP contribution in [0.2, 0.25) is 0 Å². The minimum absolute atomic E-state index is 0.0135. The number of hydrogen-bond acceptors (Lipinski definition) is 5. The molecule has 0 atom stereocenters. The van der Waals surface area contributed by atoms with Crippen molar-refractivity contribution in [3.05, 3.63) is 52.5 Å². The van der Waals surface area contributed by atoms with Crippen molar-refractivity contribution >= 4 is 42.9 Å². The van der Waals surface area contributed by atoms with Crippen molar-refractivity contribution in [2.24, 2.45) is 0 Å². The maximum atomic E-state index is 12.5. The molecule has 1 N–H and O–H groups in total. The Labute approximate surface area is 171 Å². The Morgan fingerprint density at radius 1 is 1.11 bits per heavy atom. The lowest BCUT2D eigenvalue weighted by atomic mass is 9.95. The highest BCUT2D eigenvalue weighted by atomic mass is 79.9. The number of sulfonamides is 1. The van der Waals surface area contributed by atoms with Crippen LogP contribution in [0, 0.1) is 0 Å². The summed E-state index contributed by atoms with van der Waals surface area (Å²) in [5.74, 6) is -0.700. The van der Waals surface area contributed by atoms with Gasteiger partial charge >= 0.3 is 0 Å². The van der Waals surface area contributed by atoms with E-state index >= 15 is 0 Å². The van der Waals surface area contributed by atoms with Gasteiger partial charge < -0.3 is 0 Å². The molecular weight excluding hydrogens is 444 g/mol. The number of nitrogens with one attached hydrogen (secondary N) is 1. The number of amides is 1. The van der Waals surface area contributed by atoms with Crippen LogP contribution in [0.4, 0.5) is 0 Å². The molecule has 7 nitrogen and oxygen atoms in total. The third-order valence-corrected chi connectivity index (χ3v) is 6.81. The molecule has 1 heterocycles. The number of fused-ring (bicyclic) bond motifs is 1. The van der Waals surface area contributed by atoms with Gasteiger partial charge in [-0.25, -0.2) is 17.8 Å². The Morgan fingerprint density at radius 2 is 1.89 bits per heavy atom. The minimum atomic E-state index is -3.97. The van der Waals surface area contributed by atoms with Crippen LogP contribution >= 0.6 is 15.9 Å². The van der Waals surface area contributed by atoms with Crippen molar-refractivity contribution < 1.29 is 13.2 Å². The van der Waals surface area contributed by atoms with Crippen LogP contribution in [-0.4, -0.2) is 29.3 Å². The van der Waals surface area contributed by atoms with Gasteiger partial charge in [-0.2, -0.15) is 0 Å². The second kappa shape index (κ2) is 7.63. The van der Waals surface area contributed by atoms with Crippen molar-refractivity contribution in [2.75, 3.05) is 0 Å².